The van der Waals surface area contributed by atoms with E-state index in [0.29, 0.717) is 5.82 Å². The van der Waals surface area contributed by atoms with Crippen molar-refractivity contribution in [3.63, 3.8) is 0 Å². The van der Waals surface area contributed by atoms with Crippen molar-refractivity contribution in [3.05, 3.63) is 17.7 Å². The topological polar surface area (TPSA) is 101 Å². The van der Waals surface area contributed by atoms with Crippen molar-refractivity contribution in [1.29, 1.82) is 0 Å². The van der Waals surface area contributed by atoms with E-state index in [-0.39, 0.29) is 17.9 Å². The molecular weight excluding hydrogens is 208 g/mol. The fraction of sp³-hybridized carbons (Fsp3) is 0.500. The van der Waals surface area contributed by atoms with Gasteiger partial charge in [-0.2, -0.15) is 0 Å². The molecule has 0 aliphatic heterocycles. The summed E-state index contributed by atoms with van der Waals surface area (Å²) in [5.74, 6) is 0.0627. The Kier molecular flexibility index (Phi) is 3.44. The number of nitrogens with zero attached hydrogens (tertiary/aromatic N) is 2. The predicted molar refractivity (Wildman–Crippen MR) is 59.8 cm³/mol. The van der Waals surface area contributed by atoms with Crippen molar-refractivity contribution in [3.8, 4) is 0 Å². The second-order valence-electron chi connectivity index (χ2n) is 4.22. The van der Waals surface area contributed by atoms with Gasteiger partial charge in [0, 0.05) is 6.54 Å². The van der Waals surface area contributed by atoms with Crippen molar-refractivity contribution < 1.29 is 9.90 Å². The summed E-state index contributed by atoms with van der Waals surface area (Å²) >= 11 is 0. The van der Waals surface area contributed by atoms with E-state index < -0.39 is 11.5 Å². The number of nitrogens with one attached hydrogen (secondary N) is 1. The average molecular weight is 224 g/mol. The number of nitrogen functional groups attached to an aromatic ring is 1. The minimum absolute atomic E-state index is 0.133. The molecule has 1 amide bonds. The van der Waals surface area contributed by atoms with Gasteiger partial charge < -0.3 is 16.2 Å². The molecule has 0 saturated heterocycles. The van der Waals surface area contributed by atoms with Crippen LogP contribution >= 0.6 is 0 Å². The van der Waals surface area contributed by atoms with Gasteiger partial charge in [0.15, 0.2) is 5.69 Å². The quantitative estimate of drug-likeness (QED) is 0.663. The lowest BCUT2D eigenvalue weighted by Crippen LogP contribution is -2.38. The molecule has 0 spiro atoms. The largest absolute Gasteiger partial charge is 0.396 e. The molecule has 1 aromatic rings. The minimum Gasteiger partial charge on any atom is -0.396 e. The van der Waals surface area contributed by atoms with Crippen LogP contribution in [0.25, 0.3) is 0 Å². The first-order valence-corrected chi connectivity index (χ1v) is 4.89. The highest BCUT2D eigenvalue weighted by molar-refractivity contribution is 5.96. The molecule has 0 atom stereocenters. The lowest BCUT2D eigenvalue weighted by Gasteiger charge is -2.17. The molecule has 0 unspecified atom stereocenters. The lowest BCUT2D eigenvalue weighted by molar-refractivity contribution is 0.0692. The van der Waals surface area contributed by atoms with Crippen LogP contribution in [0.3, 0.4) is 0 Å². The first-order valence-electron chi connectivity index (χ1n) is 4.89. The zero-order chi connectivity index (χ0) is 12.3. The zero-order valence-corrected chi connectivity index (χ0v) is 9.61. The average Bonchev–Trinajstić information content (AvgIpc) is 2.17. The van der Waals surface area contributed by atoms with Crippen LogP contribution in [0.2, 0.25) is 0 Å². The van der Waals surface area contributed by atoms with Crippen molar-refractivity contribution in [2.75, 3.05) is 12.3 Å². The van der Waals surface area contributed by atoms with Crippen LogP contribution in [-0.4, -0.2) is 33.1 Å². The highest BCUT2D eigenvalue weighted by Gasteiger charge is 2.17. The van der Waals surface area contributed by atoms with E-state index >= 15 is 0 Å². The number of aromatic nitrogens is 2. The predicted octanol–water partition coefficient (Wildman–Crippen LogP) is -0.132. The first-order chi connectivity index (χ1) is 7.29. The maximum Gasteiger partial charge on any atom is 0.272 e. The van der Waals surface area contributed by atoms with E-state index in [1.807, 2.05) is 0 Å². The molecule has 0 radical (unpaired) electrons. The third-order valence-corrected chi connectivity index (χ3v) is 1.83. The fourth-order valence-corrected chi connectivity index (χ4v) is 1.04. The summed E-state index contributed by atoms with van der Waals surface area (Å²) in [5, 5.41) is 12.0. The number of hydrogen-bond donors (Lipinski definition) is 3. The van der Waals surface area contributed by atoms with Crippen LogP contribution in [0.1, 0.15) is 30.2 Å². The molecule has 0 aliphatic rings. The highest BCUT2D eigenvalue weighted by atomic mass is 16.3. The number of carbonyl (C=O) groups is 1. The SMILES string of the molecule is Cc1ncc(N)c(C(=O)NCC(C)(C)O)n1. The molecule has 88 valence electrons. The standard InChI is InChI=1S/C10H16N4O2/c1-6-12-4-7(11)8(14-6)9(15)13-5-10(2,3)16/h4,16H,5,11H2,1-3H3,(H,13,15). The number of aliphatic hydroxyl groups is 1. The normalized spacial score (nSPS) is 11.2. The second-order valence-corrected chi connectivity index (χ2v) is 4.22. The summed E-state index contributed by atoms with van der Waals surface area (Å²) < 4.78 is 0. The molecular formula is C10H16N4O2. The summed E-state index contributed by atoms with van der Waals surface area (Å²) in [6.45, 7) is 5.00. The van der Waals surface area contributed by atoms with Gasteiger partial charge in [-0.05, 0) is 20.8 Å². The van der Waals surface area contributed by atoms with E-state index in [0.717, 1.165) is 0 Å². The summed E-state index contributed by atoms with van der Waals surface area (Å²) in [6.07, 6.45) is 1.39. The van der Waals surface area contributed by atoms with Crippen LogP contribution in [0, 0.1) is 6.92 Å². The Balaban J connectivity index is 2.77. The van der Waals surface area contributed by atoms with Crippen LogP contribution in [0.5, 0.6) is 0 Å². The molecule has 0 fully saturated rings. The van der Waals surface area contributed by atoms with Crippen molar-refractivity contribution in [2.45, 2.75) is 26.4 Å². The Labute approximate surface area is 93.9 Å². The van der Waals surface area contributed by atoms with Crippen molar-refractivity contribution >= 4 is 11.6 Å². The summed E-state index contributed by atoms with van der Waals surface area (Å²) in [5.41, 5.74) is 4.97. The van der Waals surface area contributed by atoms with E-state index in [9.17, 15) is 9.90 Å². The number of rotatable bonds is 3. The van der Waals surface area contributed by atoms with Crippen molar-refractivity contribution in [2.24, 2.45) is 0 Å². The number of carbonyl (C=O) groups excluding carboxylic acids is 1. The second kappa shape index (κ2) is 4.44. The molecule has 0 saturated carbocycles. The van der Waals surface area contributed by atoms with E-state index in [2.05, 4.69) is 15.3 Å². The summed E-state index contributed by atoms with van der Waals surface area (Å²) in [6, 6.07) is 0. The molecule has 1 aromatic heterocycles. The Morgan fingerprint density at radius 1 is 1.62 bits per heavy atom. The molecule has 0 aromatic carbocycles. The number of hydrogen-bond acceptors (Lipinski definition) is 5. The fourth-order valence-electron chi connectivity index (χ4n) is 1.04. The minimum atomic E-state index is -0.966. The molecule has 0 aliphatic carbocycles. The summed E-state index contributed by atoms with van der Waals surface area (Å²) in [4.78, 5) is 19.5. The third kappa shape index (κ3) is 3.47. The van der Waals surface area contributed by atoms with Gasteiger partial charge in [-0.15, -0.1) is 0 Å². The van der Waals surface area contributed by atoms with Gasteiger partial charge in [0.1, 0.15) is 5.82 Å². The number of anilines is 1. The van der Waals surface area contributed by atoms with Crippen LogP contribution in [0.4, 0.5) is 5.69 Å². The molecule has 16 heavy (non-hydrogen) atoms. The molecule has 6 heteroatoms. The van der Waals surface area contributed by atoms with Crippen LogP contribution < -0.4 is 11.1 Å². The third-order valence-electron chi connectivity index (χ3n) is 1.83. The summed E-state index contributed by atoms with van der Waals surface area (Å²) in [7, 11) is 0. The smallest absolute Gasteiger partial charge is 0.272 e. The van der Waals surface area contributed by atoms with Crippen LogP contribution in [-0.2, 0) is 0 Å². The Morgan fingerprint density at radius 2 is 2.25 bits per heavy atom. The van der Waals surface area contributed by atoms with E-state index in [1.165, 1.54) is 6.20 Å². The van der Waals surface area contributed by atoms with Crippen molar-refractivity contribution in [1.82, 2.24) is 15.3 Å². The Bertz CT molecular complexity index is 398. The Morgan fingerprint density at radius 3 is 2.81 bits per heavy atom. The molecule has 1 heterocycles. The maximum absolute atomic E-state index is 11.7. The van der Waals surface area contributed by atoms with E-state index in [1.54, 1.807) is 20.8 Å². The number of amides is 1. The Hall–Kier alpha value is -1.69. The van der Waals surface area contributed by atoms with Gasteiger partial charge in [-0.1, -0.05) is 0 Å². The van der Waals surface area contributed by atoms with Gasteiger partial charge in [0.2, 0.25) is 0 Å². The van der Waals surface area contributed by atoms with Gasteiger partial charge in [0.25, 0.3) is 5.91 Å². The highest BCUT2D eigenvalue weighted by Crippen LogP contribution is 2.07. The van der Waals surface area contributed by atoms with Gasteiger partial charge in [-0.3, -0.25) is 4.79 Å². The van der Waals surface area contributed by atoms with Gasteiger partial charge >= 0.3 is 0 Å². The van der Waals surface area contributed by atoms with Gasteiger partial charge in [-0.25, -0.2) is 9.97 Å². The molecule has 4 N–H and O–H groups in total. The molecule has 6 nitrogen and oxygen atoms in total. The maximum atomic E-state index is 11.7. The number of aryl methyl sites for hydroxylation is 1. The molecule has 0 bridgehead atoms. The van der Waals surface area contributed by atoms with Crippen LogP contribution in [0.15, 0.2) is 6.20 Å². The zero-order valence-electron chi connectivity index (χ0n) is 9.61. The van der Waals surface area contributed by atoms with E-state index in [4.69, 9.17) is 5.73 Å². The van der Waals surface area contributed by atoms with Gasteiger partial charge in [0.05, 0.1) is 17.5 Å². The lowest BCUT2D eigenvalue weighted by atomic mass is 10.1. The number of nitrogens with two attached hydrogens (primary N) is 1. The monoisotopic (exact) mass is 224 g/mol. The first kappa shape index (κ1) is 12.4. The molecule has 1 rings (SSSR count).